The van der Waals surface area contributed by atoms with Crippen LogP contribution in [0.5, 0.6) is 0 Å². The zero-order valence-electron chi connectivity index (χ0n) is 14.5. The molecule has 0 aromatic heterocycles. The summed E-state index contributed by atoms with van der Waals surface area (Å²) >= 11 is 0. The number of unbranched alkanes of at least 4 members (excludes halogenated alkanes) is 12. The van der Waals surface area contributed by atoms with Gasteiger partial charge in [-0.1, -0.05) is 90.4 Å². The Morgan fingerprint density at radius 2 is 1.14 bits per heavy atom. The molecular weight excluding hydrogens is 260 g/mol. The van der Waals surface area contributed by atoms with Crippen molar-refractivity contribution in [3.05, 3.63) is 0 Å². The first-order valence-corrected chi connectivity index (χ1v) is 9.34. The van der Waals surface area contributed by atoms with E-state index in [9.17, 15) is 9.90 Å². The van der Waals surface area contributed by atoms with Crippen LogP contribution in [-0.2, 0) is 4.79 Å². The third kappa shape index (κ3) is 17.6. The van der Waals surface area contributed by atoms with Gasteiger partial charge in [-0.3, -0.25) is 4.79 Å². The molecule has 0 heterocycles. The Balaban J connectivity index is 3.07. The van der Waals surface area contributed by atoms with E-state index in [1.165, 1.54) is 77.0 Å². The van der Waals surface area contributed by atoms with Gasteiger partial charge in [0.15, 0.2) is 0 Å². The molecule has 0 fully saturated rings. The van der Waals surface area contributed by atoms with Crippen molar-refractivity contribution >= 4 is 5.78 Å². The molecule has 0 aromatic carbocycles. The van der Waals surface area contributed by atoms with Crippen molar-refractivity contribution in [2.24, 2.45) is 0 Å². The molecule has 1 unspecified atom stereocenters. The molecule has 0 radical (unpaired) electrons. The third-order valence-electron chi connectivity index (χ3n) is 4.16. The lowest BCUT2D eigenvalue weighted by atomic mass is 10.0. The largest absolute Gasteiger partial charge is 0.393 e. The SMILES string of the molecule is CCCCCCCCCCCCCCCC(O)CC(C)=O. The van der Waals surface area contributed by atoms with Crippen LogP contribution in [0.15, 0.2) is 0 Å². The Kier molecular flexibility index (Phi) is 15.7. The highest BCUT2D eigenvalue weighted by atomic mass is 16.3. The minimum atomic E-state index is -0.407. The quantitative estimate of drug-likeness (QED) is 0.365. The molecule has 1 N–H and O–H groups in total. The number of rotatable bonds is 16. The molecule has 0 aliphatic heterocycles. The standard InChI is InChI=1S/C19H38O2/c1-3-4-5-6-7-8-9-10-11-12-13-14-15-16-19(21)17-18(2)20/h19,21H,3-17H2,1-2H3. The molecule has 0 spiro atoms. The molecule has 0 aliphatic carbocycles. The van der Waals surface area contributed by atoms with Crippen molar-refractivity contribution in [2.75, 3.05) is 0 Å². The lowest BCUT2D eigenvalue weighted by Crippen LogP contribution is -2.10. The minimum absolute atomic E-state index is 0.0946. The maximum atomic E-state index is 10.8. The molecule has 126 valence electrons. The number of hydrogen-bond donors (Lipinski definition) is 1. The lowest BCUT2D eigenvalue weighted by molar-refractivity contribution is -0.118. The number of ketones is 1. The highest BCUT2D eigenvalue weighted by Gasteiger charge is 2.06. The molecule has 0 rings (SSSR count). The normalized spacial score (nSPS) is 12.5. The highest BCUT2D eigenvalue weighted by molar-refractivity contribution is 5.75. The van der Waals surface area contributed by atoms with Gasteiger partial charge in [-0.2, -0.15) is 0 Å². The number of hydrogen-bond acceptors (Lipinski definition) is 2. The average molecular weight is 299 g/mol. The van der Waals surface area contributed by atoms with E-state index in [-0.39, 0.29) is 5.78 Å². The van der Waals surface area contributed by atoms with Crippen molar-refractivity contribution in [3.63, 3.8) is 0 Å². The summed E-state index contributed by atoms with van der Waals surface area (Å²) in [6.07, 6.45) is 18.2. The summed E-state index contributed by atoms with van der Waals surface area (Å²) in [5, 5.41) is 9.58. The van der Waals surface area contributed by atoms with E-state index in [4.69, 9.17) is 0 Å². The summed E-state index contributed by atoms with van der Waals surface area (Å²) < 4.78 is 0. The number of aliphatic hydroxyl groups is 1. The highest BCUT2D eigenvalue weighted by Crippen LogP contribution is 2.13. The number of carbonyl (C=O) groups excluding carboxylic acids is 1. The molecule has 0 bridgehead atoms. The van der Waals surface area contributed by atoms with Crippen LogP contribution in [0.25, 0.3) is 0 Å². The summed E-state index contributed by atoms with van der Waals surface area (Å²) in [7, 11) is 0. The fourth-order valence-corrected chi connectivity index (χ4v) is 2.83. The predicted octanol–water partition coefficient (Wildman–Crippen LogP) is 5.81. The molecule has 1 atom stereocenters. The summed E-state index contributed by atoms with van der Waals surface area (Å²) in [6, 6.07) is 0. The van der Waals surface area contributed by atoms with Crippen molar-refractivity contribution in [1.82, 2.24) is 0 Å². The smallest absolute Gasteiger partial charge is 0.132 e. The molecule has 0 amide bonds. The van der Waals surface area contributed by atoms with Crippen molar-refractivity contribution in [1.29, 1.82) is 0 Å². The van der Waals surface area contributed by atoms with Crippen molar-refractivity contribution in [3.8, 4) is 0 Å². The van der Waals surface area contributed by atoms with Crippen LogP contribution >= 0.6 is 0 Å². The molecule has 2 heteroatoms. The second kappa shape index (κ2) is 16.0. The van der Waals surface area contributed by atoms with Crippen LogP contribution in [0, 0.1) is 0 Å². The Labute approximate surface area is 132 Å². The van der Waals surface area contributed by atoms with Gasteiger partial charge in [0.1, 0.15) is 5.78 Å². The van der Waals surface area contributed by atoms with Crippen LogP contribution in [0.1, 0.15) is 110 Å². The maximum absolute atomic E-state index is 10.8. The second-order valence-corrected chi connectivity index (χ2v) is 6.59. The van der Waals surface area contributed by atoms with Gasteiger partial charge in [-0.25, -0.2) is 0 Å². The average Bonchev–Trinajstić information content (AvgIpc) is 2.43. The minimum Gasteiger partial charge on any atom is -0.393 e. The molecular formula is C19H38O2. The van der Waals surface area contributed by atoms with E-state index in [0.29, 0.717) is 6.42 Å². The van der Waals surface area contributed by atoms with E-state index >= 15 is 0 Å². The number of carbonyl (C=O) groups is 1. The second-order valence-electron chi connectivity index (χ2n) is 6.59. The van der Waals surface area contributed by atoms with Crippen molar-refractivity contribution in [2.45, 2.75) is 116 Å². The van der Waals surface area contributed by atoms with Gasteiger partial charge < -0.3 is 5.11 Å². The Morgan fingerprint density at radius 1 is 0.762 bits per heavy atom. The van der Waals surface area contributed by atoms with Crippen molar-refractivity contribution < 1.29 is 9.90 Å². The Hall–Kier alpha value is -0.370. The first kappa shape index (κ1) is 20.6. The van der Waals surface area contributed by atoms with Crippen LogP contribution in [0.4, 0.5) is 0 Å². The fraction of sp³-hybridized carbons (Fsp3) is 0.947. The first-order valence-electron chi connectivity index (χ1n) is 9.34. The van der Waals surface area contributed by atoms with Gasteiger partial charge in [-0.05, 0) is 13.3 Å². The summed E-state index contributed by atoms with van der Waals surface area (Å²) in [6.45, 7) is 3.82. The van der Waals surface area contributed by atoms with E-state index in [2.05, 4.69) is 6.92 Å². The van der Waals surface area contributed by atoms with Gasteiger partial charge in [0.25, 0.3) is 0 Å². The van der Waals surface area contributed by atoms with Crippen LogP contribution in [0.2, 0.25) is 0 Å². The molecule has 0 saturated carbocycles. The van der Waals surface area contributed by atoms with E-state index < -0.39 is 6.10 Å². The van der Waals surface area contributed by atoms with Gasteiger partial charge in [-0.15, -0.1) is 0 Å². The Bertz CT molecular complexity index is 226. The van der Waals surface area contributed by atoms with E-state index in [1.807, 2.05) is 0 Å². The van der Waals surface area contributed by atoms with Crippen LogP contribution in [-0.4, -0.2) is 17.0 Å². The molecule has 0 saturated heterocycles. The monoisotopic (exact) mass is 298 g/mol. The van der Waals surface area contributed by atoms with Crippen LogP contribution in [0.3, 0.4) is 0 Å². The zero-order chi connectivity index (χ0) is 15.8. The molecule has 2 nitrogen and oxygen atoms in total. The van der Waals surface area contributed by atoms with Gasteiger partial charge in [0.2, 0.25) is 0 Å². The first-order chi connectivity index (χ1) is 10.2. The molecule has 21 heavy (non-hydrogen) atoms. The zero-order valence-corrected chi connectivity index (χ0v) is 14.5. The summed E-state index contributed by atoms with van der Waals surface area (Å²) in [4.78, 5) is 10.8. The maximum Gasteiger partial charge on any atom is 0.132 e. The van der Waals surface area contributed by atoms with E-state index in [0.717, 1.165) is 12.8 Å². The summed E-state index contributed by atoms with van der Waals surface area (Å²) in [5.41, 5.74) is 0. The van der Waals surface area contributed by atoms with E-state index in [1.54, 1.807) is 6.92 Å². The number of aliphatic hydroxyl groups excluding tert-OH is 1. The summed E-state index contributed by atoms with van der Waals surface area (Å²) in [5.74, 6) is 0.0946. The fourth-order valence-electron chi connectivity index (χ4n) is 2.83. The predicted molar refractivity (Wildman–Crippen MR) is 91.6 cm³/mol. The third-order valence-corrected chi connectivity index (χ3v) is 4.16. The topological polar surface area (TPSA) is 37.3 Å². The Morgan fingerprint density at radius 3 is 1.52 bits per heavy atom. The van der Waals surface area contributed by atoms with Gasteiger partial charge in [0, 0.05) is 6.42 Å². The number of Topliss-reactive ketones (excluding diaryl/α,β-unsaturated/α-hetero) is 1. The molecule has 0 aromatic rings. The lowest BCUT2D eigenvalue weighted by Gasteiger charge is -2.08. The van der Waals surface area contributed by atoms with Crippen LogP contribution < -0.4 is 0 Å². The van der Waals surface area contributed by atoms with Gasteiger partial charge in [0.05, 0.1) is 6.10 Å². The molecule has 0 aliphatic rings. The van der Waals surface area contributed by atoms with Gasteiger partial charge >= 0.3 is 0 Å².